The van der Waals surface area contributed by atoms with E-state index in [9.17, 15) is 9.90 Å². The molecular formula is C12H16ClNO2. The fourth-order valence-corrected chi connectivity index (χ4v) is 1.55. The van der Waals surface area contributed by atoms with E-state index in [1.807, 2.05) is 30.3 Å². The Morgan fingerprint density at radius 2 is 2.06 bits per heavy atom. The number of hydrogen-bond acceptors (Lipinski definition) is 2. The minimum atomic E-state index is -0.330. The number of benzene rings is 1. The molecule has 1 rings (SSSR count). The number of carbonyl (C=O) groups is 1. The van der Waals surface area contributed by atoms with Crippen molar-refractivity contribution in [3.63, 3.8) is 0 Å². The molecular weight excluding hydrogens is 226 g/mol. The van der Waals surface area contributed by atoms with Crippen LogP contribution in [-0.2, 0) is 4.79 Å². The first-order valence-electron chi connectivity index (χ1n) is 5.29. The summed E-state index contributed by atoms with van der Waals surface area (Å²) in [5.41, 5.74) is 0.907. The van der Waals surface area contributed by atoms with E-state index in [1.54, 1.807) is 0 Å². The van der Waals surface area contributed by atoms with Crippen LogP contribution in [0.3, 0.4) is 0 Å². The van der Waals surface area contributed by atoms with Crippen molar-refractivity contribution in [3.8, 4) is 0 Å². The zero-order valence-electron chi connectivity index (χ0n) is 9.03. The van der Waals surface area contributed by atoms with Crippen LogP contribution >= 0.6 is 11.6 Å². The second-order valence-electron chi connectivity index (χ2n) is 3.51. The van der Waals surface area contributed by atoms with Crippen molar-refractivity contribution in [2.24, 2.45) is 0 Å². The van der Waals surface area contributed by atoms with Crippen LogP contribution in [0.5, 0.6) is 0 Å². The van der Waals surface area contributed by atoms with Crippen molar-refractivity contribution in [3.05, 3.63) is 35.9 Å². The van der Waals surface area contributed by atoms with Crippen molar-refractivity contribution in [2.75, 3.05) is 12.5 Å². The van der Waals surface area contributed by atoms with Gasteiger partial charge in [0.05, 0.1) is 12.6 Å². The molecule has 0 aliphatic carbocycles. The van der Waals surface area contributed by atoms with Crippen LogP contribution in [-0.4, -0.2) is 23.5 Å². The van der Waals surface area contributed by atoms with E-state index < -0.39 is 0 Å². The Morgan fingerprint density at radius 1 is 1.38 bits per heavy atom. The standard InChI is InChI=1S/C12H16ClNO2/c13-8-4-7-12(16)14-11(9-15)10-5-2-1-3-6-10/h1-3,5-6,11,15H,4,7-9H2,(H,14,16)/t11-/m0/s1. The van der Waals surface area contributed by atoms with Gasteiger partial charge in [0.2, 0.25) is 5.91 Å². The number of carbonyl (C=O) groups excluding carboxylic acids is 1. The third kappa shape index (κ3) is 4.21. The van der Waals surface area contributed by atoms with Crippen LogP contribution < -0.4 is 5.32 Å². The average molecular weight is 242 g/mol. The molecule has 0 saturated carbocycles. The van der Waals surface area contributed by atoms with Gasteiger partial charge in [0.1, 0.15) is 0 Å². The first-order valence-corrected chi connectivity index (χ1v) is 5.82. The lowest BCUT2D eigenvalue weighted by atomic mass is 10.1. The Labute approximate surface area is 100 Å². The molecule has 4 heteroatoms. The van der Waals surface area contributed by atoms with Crippen molar-refractivity contribution >= 4 is 17.5 Å². The van der Waals surface area contributed by atoms with Crippen LogP contribution in [0.4, 0.5) is 0 Å². The second-order valence-corrected chi connectivity index (χ2v) is 3.88. The molecule has 3 nitrogen and oxygen atoms in total. The second kappa shape index (κ2) is 7.25. The number of hydrogen-bond donors (Lipinski definition) is 2. The molecule has 1 amide bonds. The molecule has 0 unspecified atom stereocenters. The molecule has 1 aromatic carbocycles. The lowest BCUT2D eigenvalue weighted by Gasteiger charge is -2.16. The Bertz CT molecular complexity index is 316. The summed E-state index contributed by atoms with van der Waals surface area (Å²) in [5, 5.41) is 12.0. The Hall–Kier alpha value is -1.06. The predicted molar refractivity (Wildman–Crippen MR) is 64.4 cm³/mol. The number of aliphatic hydroxyl groups is 1. The van der Waals surface area contributed by atoms with Gasteiger partial charge in [-0.25, -0.2) is 0 Å². The number of alkyl halides is 1. The molecule has 0 fully saturated rings. The maximum Gasteiger partial charge on any atom is 0.220 e. The average Bonchev–Trinajstić information content (AvgIpc) is 2.34. The molecule has 88 valence electrons. The maximum absolute atomic E-state index is 11.5. The molecule has 0 saturated heterocycles. The van der Waals surface area contributed by atoms with Crippen LogP contribution in [0.2, 0.25) is 0 Å². The summed E-state index contributed by atoms with van der Waals surface area (Å²) in [6.07, 6.45) is 1.05. The van der Waals surface area contributed by atoms with Gasteiger partial charge in [0.25, 0.3) is 0 Å². The lowest BCUT2D eigenvalue weighted by Crippen LogP contribution is -2.30. The number of aliphatic hydroxyl groups excluding tert-OH is 1. The molecule has 0 bridgehead atoms. The number of halogens is 1. The summed E-state index contributed by atoms with van der Waals surface area (Å²) < 4.78 is 0. The van der Waals surface area contributed by atoms with E-state index in [2.05, 4.69) is 5.32 Å². The van der Waals surface area contributed by atoms with Gasteiger partial charge in [0, 0.05) is 12.3 Å². The van der Waals surface area contributed by atoms with Crippen molar-refractivity contribution in [1.29, 1.82) is 0 Å². The Balaban J connectivity index is 2.52. The topological polar surface area (TPSA) is 49.3 Å². The SMILES string of the molecule is O=C(CCCCl)N[C@@H](CO)c1ccccc1. The van der Waals surface area contributed by atoms with Crippen LogP contribution in [0.15, 0.2) is 30.3 Å². The molecule has 16 heavy (non-hydrogen) atoms. The van der Waals surface area contributed by atoms with E-state index in [0.29, 0.717) is 18.7 Å². The van der Waals surface area contributed by atoms with Gasteiger partial charge in [-0.1, -0.05) is 30.3 Å². The number of rotatable bonds is 6. The molecule has 1 atom stereocenters. The highest BCUT2D eigenvalue weighted by molar-refractivity contribution is 6.17. The quantitative estimate of drug-likeness (QED) is 0.747. The highest BCUT2D eigenvalue weighted by atomic mass is 35.5. The highest BCUT2D eigenvalue weighted by Crippen LogP contribution is 2.11. The zero-order valence-corrected chi connectivity index (χ0v) is 9.78. The fraction of sp³-hybridized carbons (Fsp3) is 0.417. The fourth-order valence-electron chi connectivity index (χ4n) is 1.41. The van der Waals surface area contributed by atoms with Crippen molar-refractivity contribution in [2.45, 2.75) is 18.9 Å². The maximum atomic E-state index is 11.5. The van der Waals surface area contributed by atoms with Crippen molar-refractivity contribution < 1.29 is 9.90 Å². The minimum absolute atomic E-state index is 0.0800. The predicted octanol–water partition coefficient (Wildman–Crippen LogP) is 1.86. The van der Waals surface area contributed by atoms with Gasteiger partial charge >= 0.3 is 0 Å². The van der Waals surface area contributed by atoms with Gasteiger partial charge in [0.15, 0.2) is 0 Å². The van der Waals surface area contributed by atoms with Gasteiger partial charge in [-0.2, -0.15) is 0 Å². The van der Waals surface area contributed by atoms with Crippen LogP contribution in [0.25, 0.3) is 0 Å². The minimum Gasteiger partial charge on any atom is -0.394 e. The number of nitrogens with one attached hydrogen (secondary N) is 1. The summed E-state index contributed by atoms with van der Waals surface area (Å²) in [6, 6.07) is 9.08. The molecule has 0 aliphatic rings. The summed E-state index contributed by atoms with van der Waals surface area (Å²) in [4.78, 5) is 11.5. The van der Waals surface area contributed by atoms with E-state index in [4.69, 9.17) is 11.6 Å². The Kier molecular flexibility index (Phi) is 5.90. The van der Waals surface area contributed by atoms with E-state index in [-0.39, 0.29) is 18.6 Å². The molecule has 0 aromatic heterocycles. The summed E-state index contributed by atoms with van der Waals surface area (Å²) in [7, 11) is 0. The van der Waals surface area contributed by atoms with Crippen LogP contribution in [0, 0.1) is 0 Å². The monoisotopic (exact) mass is 241 g/mol. The summed E-state index contributed by atoms with van der Waals surface area (Å²) in [6.45, 7) is -0.101. The molecule has 0 radical (unpaired) electrons. The third-order valence-electron chi connectivity index (χ3n) is 2.26. The molecule has 0 heterocycles. The Morgan fingerprint density at radius 3 is 2.62 bits per heavy atom. The first kappa shape index (κ1) is 13.0. The summed E-state index contributed by atoms with van der Waals surface area (Å²) >= 11 is 5.50. The van der Waals surface area contributed by atoms with Gasteiger partial charge in [-0.15, -0.1) is 11.6 Å². The van der Waals surface area contributed by atoms with Gasteiger partial charge in [-0.3, -0.25) is 4.79 Å². The number of amides is 1. The van der Waals surface area contributed by atoms with Gasteiger partial charge in [-0.05, 0) is 12.0 Å². The van der Waals surface area contributed by atoms with E-state index in [0.717, 1.165) is 5.56 Å². The normalized spacial score (nSPS) is 12.1. The van der Waals surface area contributed by atoms with Crippen molar-refractivity contribution in [1.82, 2.24) is 5.32 Å². The zero-order chi connectivity index (χ0) is 11.8. The lowest BCUT2D eigenvalue weighted by molar-refractivity contribution is -0.122. The third-order valence-corrected chi connectivity index (χ3v) is 2.52. The highest BCUT2D eigenvalue weighted by Gasteiger charge is 2.12. The molecule has 1 aromatic rings. The van der Waals surface area contributed by atoms with E-state index >= 15 is 0 Å². The van der Waals surface area contributed by atoms with Gasteiger partial charge < -0.3 is 10.4 Å². The molecule has 2 N–H and O–H groups in total. The molecule has 0 spiro atoms. The first-order chi connectivity index (χ1) is 7.77. The van der Waals surface area contributed by atoms with Crippen LogP contribution in [0.1, 0.15) is 24.4 Å². The summed E-state index contributed by atoms with van der Waals surface area (Å²) in [5.74, 6) is 0.395. The smallest absolute Gasteiger partial charge is 0.220 e. The largest absolute Gasteiger partial charge is 0.394 e. The molecule has 0 aliphatic heterocycles. The van der Waals surface area contributed by atoms with E-state index in [1.165, 1.54) is 0 Å².